The number of amides is 1. The fraction of sp³-hybridized carbons (Fsp3) is 0.436. The zero-order valence-electron chi connectivity index (χ0n) is 41.1. The summed E-state index contributed by atoms with van der Waals surface area (Å²) in [6.07, 6.45) is 11.1. The molecule has 0 radical (unpaired) electrons. The van der Waals surface area contributed by atoms with E-state index in [4.69, 9.17) is 9.47 Å². The van der Waals surface area contributed by atoms with Gasteiger partial charge in [0.1, 0.15) is 39.4 Å². The van der Waals surface area contributed by atoms with Gasteiger partial charge in [-0.15, -0.1) is 0 Å². The van der Waals surface area contributed by atoms with E-state index < -0.39 is 21.7 Å². The first-order valence-electron chi connectivity index (χ1n) is 25.0. The van der Waals surface area contributed by atoms with Crippen LogP contribution in [0.15, 0.2) is 102 Å². The molecule has 15 heteroatoms. The smallest absolute Gasteiger partial charge is 0.268 e. The van der Waals surface area contributed by atoms with Crippen molar-refractivity contribution in [1.82, 2.24) is 29.5 Å². The summed E-state index contributed by atoms with van der Waals surface area (Å²) in [6, 6.07) is 26.1. The van der Waals surface area contributed by atoms with Gasteiger partial charge in [0, 0.05) is 82.0 Å². The van der Waals surface area contributed by atoms with Crippen LogP contribution in [0.2, 0.25) is 0 Å². The molecule has 1 atom stereocenters. The molecule has 3 fully saturated rings. The predicted octanol–water partition coefficient (Wildman–Crippen LogP) is 10.5. The van der Waals surface area contributed by atoms with E-state index in [1.807, 2.05) is 25.1 Å². The Hall–Kier alpha value is -6.03. The minimum absolute atomic E-state index is 0.000203. The number of hydrogen-bond donors (Lipinski definition) is 3. The number of piperazine rings is 1. The molecule has 3 N–H and O–H groups in total. The number of nitrogens with one attached hydrogen (secondary N) is 3. The second kappa shape index (κ2) is 21.5. The lowest BCUT2D eigenvalue weighted by molar-refractivity contribution is 0.0271. The van der Waals surface area contributed by atoms with Gasteiger partial charge in [0.25, 0.3) is 15.9 Å². The Balaban J connectivity index is 0.930. The molecule has 3 aromatic carbocycles. The van der Waals surface area contributed by atoms with Gasteiger partial charge in [-0.3, -0.25) is 14.6 Å². The summed E-state index contributed by atoms with van der Waals surface area (Å²) in [5, 5.41) is 3.69. The number of piperidine rings is 1. The molecular formula is C55H67FN8O5S. The highest BCUT2D eigenvalue weighted by molar-refractivity contribution is 7.90. The van der Waals surface area contributed by atoms with Gasteiger partial charge in [-0.2, -0.15) is 0 Å². The highest BCUT2D eigenvalue weighted by atomic mass is 32.2. The van der Waals surface area contributed by atoms with Crippen LogP contribution in [0.5, 0.6) is 17.2 Å². The predicted molar refractivity (Wildman–Crippen MR) is 274 cm³/mol. The van der Waals surface area contributed by atoms with Crippen molar-refractivity contribution in [1.29, 1.82) is 0 Å². The number of H-pyrrole nitrogens is 1. The van der Waals surface area contributed by atoms with Gasteiger partial charge in [0.2, 0.25) is 0 Å². The molecule has 2 saturated heterocycles. The van der Waals surface area contributed by atoms with Gasteiger partial charge >= 0.3 is 0 Å². The summed E-state index contributed by atoms with van der Waals surface area (Å²) in [4.78, 5) is 33.3. The Bertz CT molecular complexity index is 2880. The number of sulfonamides is 1. The van der Waals surface area contributed by atoms with Gasteiger partial charge in [-0.25, -0.2) is 27.5 Å². The molecule has 370 valence electrons. The number of aromatic nitrogens is 3. The van der Waals surface area contributed by atoms with Gasteiger partial charge in [-0.1, -0.05) is 76.9 Å². The van der Waals surface area contributed by atoms with Gasteiger partial charge in [0.15, 0.2) is 0 Å². The summed E-state index contributed by atoms with van der Waals surface area (Å²) < 4.78 is 56.6. The van der Waals surface area contributed by atoms with Crippen LogP contribution in [0, 0.1) is 17.7 Å². The van der Waals surface area contributed by atoms with E-state index in [0.29, 0.717) is 35.8 Å². The first-order chi connectivity index (χ1) is 33.8. The Morgan fingerprint density at radius 3 is 2.41 bits per heavy atom. The highest BCUT2D eigenvalue weighted by Crippen LogP contribution is 2.38. The van der Waals surface area contributed by atoms with Crippen molar-refractivity contribution in [2.45, 2.75) is 102 Å². The van der Waals surface area contributed by atoms with E-state index in [-0.39, 0.29) is 33.4 Å². The molecule has 1 saturated carbocycles. The van der Waals surface area contributed by atoms with E-state index in [2.05, 4.69) is 96.9 Å². The minimum Gasteiger partial charge on any atom is -0.497 e. The quantitative estimate of drug-likeness (QED) is 0.0852. The number of benzene rings is 3. The lowest BCUT2D eigenvalue weighted by atomic mass is 9.83. The Labute approximate surface area is 412 Å². The molecule has 3 aromatic heterocycles. The number of fused-ring (bicyclic) bond motifs is 1. The number of aryl methyl sites for hydroxylation is 1. The van der Waals surface area contributed by atoms with Crippen LogP contribution in [0.3, 0.4) is 0 Å². The Morgan fingerprint density at radius 1 is 0.900 bits per heavy atom. The van der Waals surface area contributed by atoms with Crippen molar-refractivity contribution in [3.63, 3.8) is 0 Å². The maximum Gasteiger partial charge on any atom is 0.268 e. The molecular weight excluding hydrogens is 904 g/mol. The fourth-order valence-corrected chi connectivity index (χ4v) is 11.6. The Kier molecular flexibility index (Phi) is 15.1. The average molecular weight is 971 g/mol. The molecule has 3 aliphatic rings. The zero-order chi connectivity index (χ0) is 48.9. The van der Waals surface area contributed by atoms with Crippen molar-refractivity contribution in [2.24, 2.45) is 11.8 Å². The van der Waals surface area contributed by atoms with Gasteiger partial charge < -0.3 is 24.7 Å². The summed E-state index contributed by atoms with van der Waals surface area (Å²) in [5.41, 5.74) is 5.96. The van der Waals surface area contributed by atoms with Crippen LogP contribution < -0.4 is 24.4 Å². The largest absolute Gasteiger partial charge is 0.497 e. The van der Waals surface area contributed by atoms with Crippen LogP contribution in [0.25, 0.3) is 11.0 Å². The first kappa shape index (κ1) is 49.0. The number of rotatable bonds is 16. The van der Waals surface area contributed by atoms with E-state index in [1.54, 1.807) is 25.3 Å². The number of methoxy groups -OCH3 is 1. The maximum absolute atomic E-state index is 14.7. The average Bonchev–Trinajstić information content (AvgIpc) is 3.75. The van der Waals surface area contributed by atoms with Crippen molar-refractivity contribution in [3.05, 3.63) is 131 Å². The molecule has 13 nitrogen and oxygen atoms in total. The standard InChI is InChI=1S/C55H67FN8O5S/c1-6-40-27-45(32-59-53(40)57-30-38-13-11-37(4)12-14-38)70(66,67)61-55(65)48-20-17-42(28-52(48)69-44-29-49-50(56)33-60-54(49)58-31-44)63-23-21-41(22-24-63)64-26-25-62(34-39-15-18-43(68-5)19-16-39)35-51(64)47-10-8-7-9-46(47)36(2)3/h7-10,15-20,27-29,31-33,36-38,41,51H,6,11-14,21-26,30,34-35H2,1-5H3,(H,57,59)(H,58,60)(H,61,65). The number of carbonyl (C=O) groups excluding carboxylic acids is 1. The van der Waals surface area contributed by atoms with Crippen molar-refractivity contribution < 1.29 is 27.1 Å². The molecule has 6 aromatic rings. The molecule has 2 aliphatic heterocycles. The molecule has 5 heterocycles. The van der Waals surface area contributed by atoms with E-state index >= 15 is 0 Å². The van der Waals surface area contributed by atoms with Gasteiger partial charge in [0.05, 0.1) is 24.3 Å². The second-order valence-corrected chi connectivity index (χ2v) is 21.5. The van der Waals surface area contributed by atoms with Crippen molar-refractivity contribution in [3.8, 4) is 17.2 Å². The van der Waals surface area contributed by atoms with Crippen molar-refractivity contribution >= 4 is 38.5 Å². The number of aromatic amines is 1. The molecule has 0 spiro atoms. The third-order valence-corrected chi connectivity index (χ3v) is 16.1. The number of nitrogens with zero attached hydrogens (tertiary/aromatic N) is 5. The van der Waals surface area contributed by atoms with E-state index in [0.717, 1.165) is 94.4 Å². The Morgan fingerprint density at radius 2 is 1.67 bits per heavy atom. The van der Waals surface area contributed by atoms with Crippen LogP contribution in [-0.2, 0) is 23.0 Å². The molecule has 9 rings (SSSR count). The lowest BCUT2D eigenvalue weighted by Gasteiger charge is -2.48. The number of pyridine rings is 2. The third kappa shape index (κ3) is 11.1. The minimum atomic E-state index is -4.35. The maximum atomic E-state index is 14.7. The number of hydrogen-bond acceptors (Lipinski definition) is 11. The van der Waals surface area contributed by atoms with Crippen LogP contribution in [0.1, 0.15) is 111 Å². The monoisotopic (exact) mass is 970 g/mol. The normalized spacial score (nSPS) is 19.6. The first-order valence-corrected chi connectivity index (χ1v) is 26.5. The topological polar surface area (TPSA) is 145 Å². The van der Waals surface area contributed by atoms with Crippen LogP contribution in [-0.4, -0.2) is 91.5 Å². The molecule has 1 unspecified atom stereocenters. The molecule has 1 amide bonds. The molecule has 0 bridgehead atoms. The number of anilines is 2. The molecule has 70 heavy (non-hydrogen) atoms. The summed E-state index contributed by atoms with van der Waals surface area (Å²) in [5.74, 6) is 2.16. The fourth-order valence-electron chi connectivity index (χ4n) is 10.7. The number of halogens is 1. The molecule has 1 aliphatic carbocycles. The van der Waals surface area contributed by atoms with Crippen molar-refractivity contribution in [2.75, 3.05) is 56.6 Å². The summed E-state index contributed by atoms with van der Waals surface area (Å²) in [6.45, 7) is 14.8. The zero-order valence-corrected chi connectivity index (χ0v) is 41.9. The van der Waals surface area contributed by atoms with Crippen LogP contribution >= 0.6 is 0 Å². The highest BCUT2D eigenvalue weighted by Gasteiger charge is 2.36. The van der Waals surface area contributed by atoms with E-state index in [9.17, 15) is 17.6 Å². The third-order valence-electron chi connectivity index (χ3n) is 14.8. The second-order valence-electron chi connectivity index (χ2n) is 19.8. The summed E-state index contributed by atoms with van der Waals surface area (Å²) in [7, 11) is -2.66. The summed E-state index contributed by atoms with van der Waals surface area (Å²) >= 11 is 0. The van der Waals surface area contributed by atoms with Crippen LogP contribution in [0.4, 0.5) is 15.9 Å². The number of ether oxygens (including phenoxy) is 2. The SMILES string of the molecule is CCc1cc(S(=O)(=O)NC(=O)c2ccc(N3CCC(N4CCN(Cc5ccc(OC)cc5)CC4c4ccccc4C(C)C)CC3)cc2Oc2cnc3[nH]cc(F)c3c2)cnc1NCC1CCC(C)CC1. The number of carbonyl (C=O) groups is 1. The van der Waals surface area contributed by atoms with Gasteiger partial charge in [-0.05, 0) is 109 Å². The lowest BCUT2D eigenvalue weighted by Crippen LogP contribution is -2.54. The van der Waals surface area contributed by atoms with E-state index in [1.165, 1.54) is 54.2 Å².